The van der Waals surface area contributed by atoms with Crippen LogP contribution in [0.15, 0.2) is 42.5 Å². The maximum atomic E-state index is 6.03. The molecular formula is C20H27NO2. The molecule has 0 bridgehead atoms. The minimum absolute atomic E-state index is 0.0500. The highest BCUT2D eigenvalue weighted by Gasteiger charge is 2.20. The van der Waals surface area contributed by atoms with E-state index in [1.807, 2.05) is 24.3 Å². The molecule has 0 saturated carbocycles. The lowest BCUT2D eigenvalue weighted by atomic mass is 9.85. The van der Waals surface area contributed by atoms with E-state index in [0.29, 0.717) is 19.8 Å². The van der Waals surface area contributed by atoms with Gasteiger partial charge >= 0.3 is 0 Å². The lowest BCUT2D eigenvalue weighted by Gasteiger charge is -2.24. The topological polar surface area (TPSA) is 44.5 Å². The zero-order chi connectivity index (χ0) is 16.9. The summed E-state index contributed by atoms with van der Waals surface area (Å²) in [6.45, 7) is 10.1. The van der Waals surface area contributed by atoms with Crippen molar-refractivity contribution >= 4 is 0 Å². The molecule has 0 aliphatic rings. The van der Waals surface area contributed by atoms with Crippen molar-refractivity contribution in [2.24, 2.45) is 5.73 Å². The highest BCUT2D eigenvalue weighted by Crippen LogP contribution is 2.33. The van der Waals surface area contributed by atoms with Gasteiger partial charge in [-0.05, 0) is 29.5 Å². The van der Waals surface area contributed by atoms with Crippen molar-refractivity contribution in [3.8, 4) is 11.5 Å². The molecule has 2 N–H and O–H groups in total. The second-order valence-corrected chi connectivity index (χ2v) is 6.71. The highest BCUT2D eigenvalue weighted by atomic mass is 16.5. The van der Waals surface area contributed by atoms with Crippen molar-refractivity contribution in [2.45, 2.75) is 39.7 Å². The Morgan fingerprint density at radius 1 is 0.913 bits per heavy atom. The van der Waals surface area contributed by atoms with Gasteiger partial charge in [-0.15, -0.1) is 0 Å². The monoisotopic (exact) mass is 313 g/mol. The second kappa shape index (κ2) is 7.51. The van der Waals surface area contributed by atoms with E-state index in [1.54, 1.807) is 0 Å². The van der Waals surface area contributed by atoms with Gasteiger partial charge in [0.15, 0.2) is 0 Å². The summed E-state index contributed by atoms with van der Waals surface area (Å²) in [6.07, 6.45) is 0. The van der Waals surface area contributed by atoms with E-state index in [9.17, 15) is 0 Å². The SMILES string of the molecule is Cc1cccc(C(C)(C)C)c1OCCOc1ccccc1CN. The molecule has 23 heavy (non-hydrogen) atoms. The average molecular weight is 313 g/mol. The summed E-state index contributed by atoms with van der Waals surface area (Å²) < 4.78 is 11.8. The third-order valence-electron chi connectivity index (χ3n) is 3.80. The van der Waals surface area contributed by atoms with Gasteiger partial charge in [-0.2, -0.15) is 0 Å². The van der Waals surface area contributed by atoms with E-state index in [2.05, 4.69) is 45.9 Å². The minimum Gasteiger partial charge on any atom is -0.490 e. The normalized spacial score (nSPS) is 11.3. The number of para-hydroxylation sites is 2. The van der Waals surface area contributed by atoms with E-state index >= 15 is 0 Å². The summed E-state index contributed by atoms with van der Waals surface area (Å²) in [5, 5.41) is 0. The fraction of sp³-hybridized carbons (Fsp3) is 0.400. The molecule has 0 amide bonds. The van der Waals surface area contributed by atoms with Crippen LogP contribution in [-0.2, 0) is 12.0 Å². The maximum Gasteiger partial charge on any atom is 0.126 e. The fourth-order valence-corrected chi connectivity index (χ4v) is 2.54. The van der Waals surface area contributed by atoms with Crippen LogP contribution >= 0.6 is 0 Å². The van der Waals surface area contributed by atoms with E-state index < -0.39 is 0 Å². The first-order valence-electron chi connectivity index (χ1n) is 8.07. The molecule has 2 aromatic carbocycles. The van der Waals surface area contributed by atoms with Gasteiger partial charge in [0.05, 0.1) is 0 Å². The van der Waals surface area contributed by atoms with E-state index in [-0.39, 0.29) is 5.41 Å². The fourth-order valence-electron chi connectivity index (χ4n) is 2.54. The third-order valence-corrected chi connectivity index (χ3v) is 3.80. The van der Waals surface area contributed by atoms with Crippen LogP contribution in [0.25, 0.3) is 0 Å². The Hall–Kier alpha value is -2.00. The molecule has 0 fully saturated rings. The van der Waals surface area contributed by atoms with Crippen molar-refractivity contribution < 1.29 is 9.47 Å². The predicted octanol–water partition coefficient (Wildman–Crippen LogP) is 4.21. The summed E-state index contributed by atoms with van der Waals surface area (Å²) in [5.41, 5.74) is 9.16. The Balaban J connectivity index is 2.00. The number of hydrogen-bond donors (Lipinski definition) is 1. The van der Waals surface area contributed by atoms with Gasteiger partial charge in [-0.1, -0.05) is 57.2 Å². The molecule has 0 aliphatic carbocycles. The zero-order valence-electron chi connectivity index (χ0n) is 14.6. The third kappa shape index (κ3) is 4.49. The van der Waals surface area contributed by atoms with Gasteiger partial charge in [0.25, 0.3) is 0 Å². The maximum absolute atomic E-state index is 6.03. The molecule has 124 valence electrons. The first-order chi connectivity index (χ1) is 10.9. The Morgan fingerprint density at radius 3 is 2.30 bits per heavy atom. The van der Waals surface area contributed by atoms with Crippen LogP contribution in [0.4, 0.5) is 0 Å². The molecular weight excluding hydrogens is 286 g/mol. The van der Waals surface area contributed by atoms with Gasteiger partial charge in [-0.3, -0.25) is 0 Å². The first kappa shape index (κ1) is 17.4. The predicted molar refractivity (Wildman–Crippen MR) is 95.2 cm³/mol. The lowest BCUT2D eigenvalue weighted by Crippen LogP contribution is -2.17. The highest BCUT2D eigenvalue weighted by molar-refractivity contribution is 5.44. The van der Waals surface area contributed by atoms with Gasteiger partial charge in [0.2, 0.25) is 0 Å². The summed E-state index contributed by atoms with van der Waals surface area (Å²) in [4.78, 5) is 0. The van der Waals surface area contributed by atoms with Crippen LogP contribution in [0.2, 0.25) is 0 Å². The molecule has 0 heterocycles. The Morgan fingerprint density at radius 2 is 1.61 bits per heavy atom. The molecule has 2 aromatic rings. The zero-order valence-corrected chi connectivity index (χ0v) is 14.6. The molecule has 3 heteroatoms. The Labute approximate surface area is 139 Å². The minimum atomic E-state index is 0.0500. The average Bonchev–Trinajstić information content (AvgIpc) is 2.52. The summed E-state index contributed by atoms with van der Waals surface area (Å²) in [5.74, 6) is 1.80. The molecule has 2 rings (SSSR count). The largest absolute Gasteiger partial charge is 0.490 e. The van der Waals surface area contributed by atoms with Crippen LogP contribution in [-0.4, -0.2) is 13.2 Å². The lowest BCUT2D eigenvalue weighted by molar-refractivity contribution is 0.212. The van der Waals surface area contributed by atoms with Crippen LogP contribution in [0.3, 0.4) is 0 Å². The van der Waals surface area contributed by atoms with E-state index in [1.165, 1.54) is 5.56 Å². The first-order valence-corrected chi connectivity index (χ1v) is 8.07. The molecule has 0 atom stereocenters. The van der Waals surface area contributed by atoms with Gasteiger partial charge in [0, 0.05) is 12.1 Å². The van der Waals surface area contributed by atoms with Crippen LogP contribution in [0.1, 0.15) is 37.5 Å². The standard InChI is InChI=1S/C20H27NO2/c1-15-8-7-10-17(20(2,3)4)19(15)23-13-12-22-18-11-6-5-9-16(18)14-21/h5-11H,12-14,21H2,1-4H3. The van der Waals surface area contributed by atoms with Crippen LogP contribution in [0, 0.1) is 6.92 Å². The Bertz CT molecular complexity index is 644. The quantitative estimate of drug-likeness (QED) is 0.813. The number of hydrogen-bond acceptors (Lipinski definition) is 3. The van der Waals surface area contributed by atoms with E-state index in [0.717, 1.165) is 22.6 Å². The summed E-state index contributed by atoms with van der Waals surface area (Å²) >= 11 is 0. The molecule has 0 aliphatic heterocycles. The number of rotatable bonds is 6. The van der Waals surface area contributed by atoms with Crippen molar-refractivity contribution in [3.05, 3.63) is 59.2 Å². The molecule has 0 radical (unpaired) electrons. The second-order valence-electron chi connectivity index (χ2n) is 6.71. The van der Waals surface area contributed by atoms with Crippen molar-refractivity contribution in [1.29, 1.82) is 0 Å². The van der Waals surface area contributed by atoms with Crippen molar-refractivity contribution in [2.75, 3.05) is 13.2 Å². The summed E-state index contributed by atoms with van der Waals surface area (Å²) in [6, 6.07) is 14.1. The van der Waals surface area contributed by atoms with Gasteiger partial charge in [0.1, 0.15) is 24.7 Å². The van der Waals surface area contributed by atoms with Crippen molar-refractivity contribution in [3.63, 3.8) is 0 Å². The number of aryl methyl sites for hydroxylation is 1. The molecule has 0 spiro atoms. The number of benzene rings is 2. The smallest absolute Gasteiger partial charge is 0.126 e. The molecule has 0 aromatic heterocycles. The van der Waals surface area contributed by atoms with E-state index in [4.69, 9.17) is 15.2 Å². The van der Waals surface area contributed by atoms with Gasteiger partial charge in [-0.25, -0.2) is 0 Å². The number of nitrogens with two attached hydrogens (primary N) is 1. The van der Waals surface area contributed by atoms with Crippen molar-refractivity contribution in [1.82, 2.24) is 0 Å². The van der Waals surface area contributed by atoms with Crippen LogP contribution < -0.4 is 15.2 Å². The molecule has 0 saturated heterocycles. The van der Waals surface area contributed by atoms with Gasteiger partial charge < -0.3 is 15.2 Å². The number of ether oxygens (including phenoxy) is 2. The van der Waals surface area contributed by atoms with Crippen LogP contribution in [0.5, 0.6) is 11.5 Å². The molecule has 3 nitrogen and oxygen atoms in total. The summed E-state index contributed by atoms with van der Waals surface area (Å²) in [7, 11) is 0. The molecule has 0 unspecified atom stereocenters. The Kier molecular flexibility index (Phi) is 5.67.